The Kier molecular flexibility index (Phi) is 5.73. The molecule has 1 aromatic carbocycles. The Labute approximate surface area is 103 Å². The fourth-order valence-electron chi connectivity index (χ4n) is 1.15. The summed E-state index contributed by atoms with van der Waals surface area (Å²) in [6.45, 7) is 2.78. The molecule has 0 heterocycles. The Morgan fingerprint density at radius 2 is 2.06 bits per heavy atom. The van der Waals surface area contributed by atoms with E-state index in [2.05, 4.69) is 6.92 Å². The average molecular weight is 257 g/mol. The number of benzene rings is 1. The van der Waals surface area contributed by atoms with Gasteiger partial charge in [0.2, 0.25) is 0 Å². The van der Waals surface area contributed by atoms with Crippen LogP contribution in [0, 0.1) is 0 Å². The second-order valence-electron chi connectivity index (χ2n) is 3.28. The van der Waals surface area contributed by atoms with Gasteiger partial charge in [-0.2, -0.15) is 0 Å². The summed E-state index contributed by atoms with van der Waals surface area (Å²) < 4.78 is 0. The molecule has 0 amide bonds. The molecule has 1 aromatic rings. The number of rotatable bonds is 6. The van der Waals surface area contributed by atoms with Gasteiger partial charge in [-0.05, 0) is 24.6 Å². The molecule has 0 saturated carbocycles. The monoisotopic (exact) mass is 257 g/mol. The van der Waals surface area contributed by atoms with Crippen molar-refractivity contribution in [3.63, 3.8) is 0 Å². The van der Waals surface area contributed by atoms with Gasteiger partial charge < -0.3 is 10.8 Å². The van der Waals surface area contributed by atoms with E-state index < -0.39 is 5.97 Å². The molecule has 5 heteroatoms. The second kappa shape index (κ2) is 6.83. The Balaban J connectivity index is 2.56. The summed E-state index contributed by atoms with van der Waals surface area (Å²) in [6.07, 6.45) is 0. The highest BCUT2D eigenvalue weighted by Gasteiger charge is 2.08. The minimum absolute atomic E-state index is 0.329. The lowest BCUT2D eigenvalue weighted by Gasteiger charge is -2.10. The number of carboxylic acid groups (broad SMARTS) is 1. The number of carboxylic acids is 1. The van der Waals surface area contributed by atoms with E-state index in [0.717, 1.165) is 11.3 Å². The van der Waals surface area contributed by atoms with Crippen LogP contribution >= 0.6 is 21.6 Å². The van der Waals surface area contributed by atoms with Gasteiger partial charge in [0, 0.05) is 17.5 Å². The molecule has 0 bridgehead atoms. The first-order valence-corrected chi connectivity index (χ1v) is 7.35. The molecule has 3 nitrogen and oxygen atoms in total. The molecule has 16 heavy (non-hydrogen) atoms. The molecule has 0 fully saturated rings. The molecule has 0 spiro atoms. The van der Waals surface area contributed by atoms with Gasteiger partial charge in [-0.15, -0.1) is 0 Å². The normalized spacial score (nSPS) is 12.4. The van der Waals surface area contributed by atoms with Crippen molar-refractivity contribution in [2.24, 2.45) is 5.73 Å². The van der Waals surface area contributed by atoms with Crippen molar-refractivity contribution in [1.82, 2.24) is 0 Å². The van der Waals surface area contributed by atoms with Crippen molar-refractivity contribution >= 4 is 27.6 Å². The van der Waals surface area contributed by atoms with Gasteiger partial charge in [-0.3, -0.25) is 0 Å². The minimum atomic E-state index is -0.885. The van der Waals surface area contributed by atoms with Gasteiger partial charge in [-0.25, -0.2) is 4.79 Å². The first kappa shape index (κ1) is 13.4. The summed E-state index contributed by atoms with van der Waals surface area (Å²) in [5, 5.41) is 9.11. The fourth-order valence-corrected chi connectivity index (χ4v) is 3.34. The van der Waals surface area contributed by atoms with E-state index in [1.807, 2.05) is 12.1 Å². The van der Waals surface area contributed by atoms with Crippen LogP contribution in [0.3, 0.4) is 0 Å². The van der Waals surface area contributed by atoms with Gasteiger partial charge in [0.05, 0.1) is 5.56 Å². The summed E-state index contributed by atoms with van der Waals surface area (Å²) >= 11 is 0. The van der Waals surface area contributed by atoms with Crippen LogP contribution in [-0.4, -0.2) is 23.4 Å². The molecule has 88 valence electrons. The standard InChI is InChI=1S/C11H15NO2S2/c1-8(16-15-7-6-12)9-2-4-10(5-3-9)11(13)14/h2-5,8H,6-7,12H2,1H3,(H,13,14)/t8-/m0/s1. The third-order valence-corrected chi connectivity index (χ3v) is 4.91. The highest BCUT2D eigenvalue weighted by atomic mass is 33.1. The fraction of sp³-hybridized carbons (Fsp3) is 0.364. The smallest absolute Gasteiger partial charge is 0.335 e. The molecule has 0 unspecified atom stereocenters. The zero-order chi connectivity index (χ0) is 12.0. The van der Waals surface area contributed by atoms with E-state index in [1.54, 1.807) is 33.7 Å². The highest BCUT2D eigenvalue weighted by molar-refractivity contribution is 8.76. The van der Waals surface area contributed by atoms with E-state index in [0.29, 0.717) is 17.4 Å². The Hall–Kier alpha value is -0.650. The van der Waals surface area contributed by atoms with E-state index >= 15 is 0 Å². The quantitative estimate of drug-likeness (QED) is 0.606. The number of carbonyl (C=O) groups is 1. The lowest BCUT2D eigenvalue weighted by atomic mass is 10.1. The van der Waals surface area contributed by atoms with Crippen molar-refractivity contribution in [2.75, 3.05) is 12.3 Å². The third-order valence-electron chi connectivity index (χ3n) is 2.04. The van der Waals surface area contributed by atoms with E-state index in [1.165, 1.54) is 0 Å². The Morgan fingerprint density at radius 3 is 2.56 bits per heavy atom. The lowest BCUT2D eigenvalue weighted by molar-refractivity contribution is 0.0697. The molecule has 0 saturated heterocycles. The molecule has 1 atom stereocenters. The molecule has 0 aliphatic heterocycles. The van der Waals surface area contributed by atoms with Crippen molar-refractivity contribution in [3.8, 4) is 0 Å². The first-order valence-electron chi connectivity index (χ1n) is 4.96. The van der Waals surface area contributed by atoms with Gasteiger partial charge in [-0.1, -0.05) is 33.7 Å². The molecule has 1 rings (SSSR count). The van der Waals surface area contributed by atoms with Crippen LogP contribution in [0.25, 0.3) is 0 Å². The zero-order valence-corrected chi connectivity index (χ0v) is 10.7. The molecule has 0 aliphatic rings. The van der Waals surface area contributed by atoms with Crippen LogP contribution in [0.5, 0.6) is 0 Å². The SMILES string of the molecule is C[C@H](SSCCN)c1ccc(C(=O)O)cc1. The average Bonchev–Trinajstić information content (AvgIpc) is 2.29. The van der Waals surface area contributed by atoms with E-state index in [9.17, 15) is 4.79 Å². The Morgan fingerprint density at radius 1 is 1.44 bits per heavy atom. The summed E-state index contributed by atoms with van der Waals surface area (Å²) in [5.41, 5.74) is 6.87. The summed E-state index contributed by atoms with van der Waals surface area (Å²) in [6, 6.07) is 7.01. The van der Waals surface area contributed by atoms with Crippen molar-refractivity contribution in [1.29, 1.82) is 0 Å². The van der Waals surface area contributed by atoms with Crippen molar-refractivity contribution < 1.29 is 9.90 Å². The van der Waals surface area contributed by atoms with Crippen LogP contribution in [0.15, 0.2) is 24.3 Å². The minimum Gasteiger partial charge on any atom is -0.478 e. The summed E-state index contributed by atoms with van der Waals surface area (Å²) in [4.78, 5) is 10.7. The zero-order valence-electron chi connectivity index (χ0n) is 9.05. The van der Waals surface area contributed by atoms with Crippen molar-refractivity contribution in [3.05, 3.63) is 35.4 Å². The second-order valence-corrected chi connectivity index (χ2v) is 6.10. The molecule has 0 radical (unpaired) electrons. The predicted octanol–water partition coefficient (Wildman–Crippen LogP) is 2.79. The van der Waals surface area contributed by atoms with E-state index in [-0.39, 0.29) is 0 Å². The largest absolute Gasteiger partial charge is 0.478 e. The van der Waals surface area contributed by atoms with Crippen LogP contribution in [0.1, 0.15) is 28.1 Å². The lowest BCUT2D eigenvalue weighted by Crippen LogP contribution is -2.00. The molecular weight excluding hydrogens is 242 g/mol. The number of hydrogen-bond acceptors (Lipinski definition) is 4. The van der Waals surface area contributed by atoms with Crippen LogP contribution in [0.2, 0.25) is 0 Å². The number of aromatic carboxylic acids is 1. The van der Waals surface area contributed by atoms with Crippen LogP contribution in [-0.2, 0) is 0 Å². The van der Waals surface area contributed by atoms with Crippen molar-refractivity contribution in [2.45, 2.75) is 12.2 Å². The van der Waals surface area contributed by atoms with E-state index in [4.69, 9.17) is 10.8 Å². The predicted molar refractivity (Wildman–Crippen MR) is 70.9 cm³/mol. The van der Waals surface area contributed by atoms with Crippen LogP contribution < -0.4 is 5.73 Å². The summed E-state index contributed by atoms with van der Waals surface area (Å²) in [5.74, 6) is 0.0479. The number of nitrogens with two attached hydrogens (primary N) is 1. The maximum Gasteiger partial charge on any atom is 0.335 e. The maximum absolute atomic E-state index is 10.7. The topological polar surface area (TPSA) is 63.3 Å². The third kappa shape index (κ3) is 4.08. The maximum atomic E-state index is 10.7. The van der Waals surface area contributed by atoms with Gasteiger partial charge in [0.1, 0.15) is 0 Å². The Bertz CT molecular complexity index is 340. The molecule has 0 aliphatic carbocycles. The molecule has 3 N–H and O–H groups in total. The molecular formula is C11H15NO2S2. The van der Waals surface area contributed by atoms with Crippen LogP contribution in [0.4, 0.5) is 0 Å². The van der Waals surface area contributed by atoms with Gasteiger partial charge in [0.25, 0.3) is 0 Å². The first-order chi connectivity index (χ1) is 7.65. The molecule has 0 aromatic heterocycles. The number of hydrogen-bond donors (Lipinski definition) is 2. The van der Waals surface area contributed by atoms with Gasteiger partial charge in [0.15, 0.2) is 0 Å². The summed E-state index contributed by atoms with van der Waals surface area (Å²) in [7, 11) is 3.50. The highest BCUT2D eigenvalue weighted by Crippen LogP contribution is 2.37. The van der Waals surface area contributed by atoms with Gasteiger partial charge >= 0.3 is 5.97 Å².